The highest BCUT2D eigenvalue weighted by Gasteiger charge is 2.73. The summed E-state index contributed by atoms with van der Waals surface area (Å²) in [6, 6.07) is 10.4. The van der Waals surface area contributed by atoms with Crippen LogP contribution in [-0.4, -0.2) is 77.6 Å². The number of ketones is 1. The zero-order valence-corrected chi connectivity index (χ0v) is 26.0. The van der Waals surface area contributed by atoms with Crippen molar-refractivity contribution in [3.05, 3.63) is 86.1 Å². The van der Waals surface area contributed by atoms with Gasteiger partial charge in [-0.1, -0.05) is 31.2 Å². The topological polar surface area (TPSA) is 175 Å². The summed E-state index contributed by atoms with van der Waals surface area (Å²) in [5, 5.41) is 26.9. The lowest BCUT2D eigenvalue weighted by Gasteiger charge is -2.34. The number of aliphatic hydroxyl groups is 1. The van der Waals surface area contributed by atoms with Gasteiger partial charge in [-0.05, 0) is 69.0 Å². The predicted octanol–water partition coefficient (Wildman–Crippen LogP) is 2.74. The first-order valence-corrected chi connectivity index (χ1v) is 16.2. The van der Waals surface area contributed by atoms with Crippen molar-refractivity contribution in [2.24, 2.45) is 5.92 Å². The third kappa shape index (κ3) is 4.05. The molecule has 3 N–H and O–H groups in total. The van der Waals surface area contributed by atoms with E-state index in [-0.39, 0.29) is 45.1 Å². The summed E-state index contributed by atoms with van der Waals surface area (Å²) in [6.45, 7) is 4.27. The molecule has 1 amide bonds. The largest absolute Gasteiger partial charge is 0.454 e. The van der Waals surface area contributed by atoms with Gasteiger partial charge in [0.15, 0.2) is 0 Å². The fourth-order valence-electron chi connectivity index (χ4n) is 7.16. The number of aromatic amines is 1. The molecule has 2 aromatic carbocycles. The van der Waals surface area contributed by atoms with Gasteiger partial charge in [0.2, 0.25) is 11.3 Å². The van der Waals surface area contributed by atoms with Crippen LogP contribution < -0.4 is 10.1 Å². The van der Waals surface area contributed by atoms with Gasteiger partial charge in [0.1, 0.15) is 22.0 Å². The Balaban J connectivity index is 1.31. The van der Waals surface area contributed by atoms with Crippen LogP contribution >= 0.6 is 0 Å². The van der Waals surface area contributed by atoms with E-state index in [0.29, 0.717) is 31.0 Å². The van der Waals surface area contributed by atoms with Gasteiger partial charge in [-0.3, -0.25) is 19.7 Å². The molecule has 14 heteroatoms. The van der Waals surface area contributed by atoms with Crippen LogP contribution in [0.4, 0.5) is 5.69 Å². The lowest BCUT2D eigenvalue weighted by Crippen LogP contribution is -2.60. The van der Waals surface area contributed by atoms with E-state index >= 15 is 0 Å². The van der Waals surface area contributed by atoms with E-state index in [0.717, 1.165) is 18.1 Å². The number of benzene rings is 2. The first-order valence-electron chi connectivity index (χ1n) is 14.8. The van der Waals surface area contributed by atoms with Gasteiger partial charge in [0.05, 0.1) is 4.92 Å². The van der Waals surface area contributed by atoms with Crippen molar-refractivity contribution in [2.45, 2.75) is 55.0 Å². The molecule has 0 bridgehead atoms. The number of likely N-dealkylation sites (N-methyl/N-ethyl adjacent to an activating group) is 1. The highest BCUT2D eigenvalue weighted by Crippen LogP contribution is 2.61. The monoisotopic (exact) mass is 635 g/mol. The summed E-state index contributed by atoms with van der Waals surface area (Å²) in [6.07, 6.45) is 1.62. The zero-order chi connectivity index (χ0) is 32.2. The minimum atomic E-state index is -3.97. The second-order valence-electron chi connectivity index (χ2n) is 12.8. The minimum Gasteiger partial charge on any atom is -0.454 e. The van der Waals surface area contributed by atoms with Gasteiger partial charge in [-0.2, -0.15) is 4.31 Å². The van der Waals surface area contributed by atoms with Crippen molar-refractivity contribution in [3.8, 4) is 5.75 Å². The van der Waals surface area contributed by atoms with Gasteiger partial charge in [0, 0.05) is 36.3 Å². The normalized spacial score (nSPS) is 28.5. The Kier molecular flexibility index (Phi) is 6.37. The number of amides is 1. The third-order valence-corrected chi connectivity index (χ3v) is 11.7. The molecule has 4 aliphatic rings. The number of H-pyrrole nitrogens is 1. The van der Waals surface area contributed by atoms with Crippen LogP contribution in [0.2, 0.25) is 0 Å². The maximum Gasteiger partial charge on any atom is 0.280 e. The Morgan fingerprint density at radius 2 is 1.98 bits per heavy atom. The van der Waals surface area contributed by atoms with E-state index in [1.807, 2.05) is 25.1 Å². The van der Waals surface area contributed by atoms with Gasteiger partial charge in [-0.15, -0.1) is 0 Å². The number of aromatic nitrogens is 1. The number of nitro benzene ring substituents is 1. The third-order valence-electron chi connectivity index (χ3n) is 9.87. The average molecular weight is 636 g/mol. The number of nitrogens with zero attached hydrogens (tertiary/aromatic N) is 3. The van der Waals surface area contributed by atoms with Crippen molar-refractivity contribution in [1.29, 1.82) is 0 Å². The van der Waals surface area contributed by atoms with Gasteiger partial charge in [-0.25, -0.2) is 8.42 Å². The number of sulfonamides is 1. The van der Waals surface area contributed by atoms with Crippen LogP contribution in [0.1, 0.15) is 68.8 Å². The fourth-order valence-corrected chi connectivity index (χ4v) is 8.70. The van der Waals surface area contributed by atoms with E-state index in [2.05, 4.69) is 17.2 Å². The van der Waals surface area contributed by atoms with E-state index in [4.69, 9.17) is 4.74 Å². The van der Waals surface area contributed by atoms with Crippen LogP contribution in [0.5, 0.6) is 5.75 Å². The molecule has 1 saturated carbocycles. The van der Waals surface area contributed by atoms with E-state index in [1.54, 1.807) is 19.1 Å². The summed E-state index contributed by atoms with van der Waals surface area (Å²) in [7, 11) is -0.200. The molecule has 1 saturated heterocycles. The van der Waals surface area contributed by atoms with Crippen LogP contribution in [0.25, 0.3) is 0 Å². The Bertz CT molecular complexity index is 1920. The lowest BCUT2D eigenvalue weighted by atomic mass is 9.82. The molecular formula is C31H33N5O8S. The summed E-state index contributed by atoms with van der Waals surface area (Å²) in [4.78, 5) is 44.4. The number of carbonyl (C=O) groups excluding carboxylic acids is 2. The summed E-state index contributed by atoms with van der Waals surface area (Å²) < 4.78 is 34.5. The zero-order valence-electron chi connectivity index (χ0n) is 25.2. The Morgan fingerprint density at radius 1 is 1.24 bits per heavy atom. The van der Waals surface area contributed by atoms with Crippen LogP contribution in [-0.2, 0) is 21.3 Å². The molecule has 1 aromatic heterocycles. The molecule has 7 rings (SSSR count). The Labute approximate surface area is 259 Å². The number of rotatable bonds is 7. The number of nitro groups is 1. The highest BCUT2D eigenvalue weighted by atomic mass is 32.2. The predicted molar refractivity (Wildman–Crippen MR) is 160 cm³/mol. The highest BCUT2D eigenvalue weighted by molar-refractivity contribution is 7.89. The van der Waals surface area contributed by atoms with Crippen molar-refractivity contribution in [2.75, 3.05) is 27.2 Å². The number of aryl methyl sites for hydroxylation is 1. The van der Waals surface area contributed by atoms with Crippen LogP contribution in [0.15, 0.2) is 47.5 Å². The molecule has 2 unspecified atom stereocenters. The maximum atomic E-state index is 14.3. The molecule has 0 spiro atoms. The summed E-state index contributed by atoms with van der Waals surface area (Å²) in [5.74, 6) is -3.49. The summed E-state index contributed by atoms with van der Waals surface area (Å²) >= 11 is 0. The molecule has 3 aromatic rings. The summed E-state index contributed by atoms with van der Waals surface area (Å²) in [5.41, 5.74) is -2.10. The second-order valence-corrected chi connectivity index (χ2v) is 14.7. The molecule has 236 valence electrons. The number of nitrogens with one attached hydrogen (secondary N) is 2. The molecule has 0 radical (unpaired) electrons. The Morgan fingerprint density at radius 3 is 2.62 bits per heavy atom. The van der Waals surface area contributed by atoms with Gasteiger partial charge < -0.3 is 25.0 Å². The SMILES string of the molecule is Cc1cc(S(=O)(=O)N2CC[C@H](N(C)C)C2)[nH]c1C(=O)NC12C(=O)c3cccc([N+](=O)[O-])c3C1(O)Oc1cc([C@@H]3C[C@H]3C)ccc12. The molecule has 2 aliphatic heterocycles. The molecule has 3 heterocycles. The molecule has 2 fully saturated rings. The quantitative estimate of drug-likeness (QED) is 0.260. The smallest absolute Gasteiger partial charge is 0.280 e. The molecule has 5 atom stereocenters. The maximum absolute atomic E-state index is 14.3. The number of ether oxygens (including phenoxy) is 1. The molecule has 13 nitrogen and oxygen atoms in total. The minimum absolute atomic E-state index is 0.0560. The van der Waals surface area contributed by atoms with Crippen LogP contribution in [0.3, 0.4) is 0 Å². The standard InChI is InChI=1S/C31H33N5O8S/c1-16-12-21(16)18-8-9-22-24(14-18)44-31(39)26-20(6-5-7-23(26)36(40)41)28(37)30(22,31)33-29(38)27-17(2)13-25(32-27)45(42,43)35-11-10-19(15-35)34(3)4/h5-9,13-14,16,19,21,32,39H,10-12,15H2,1-4H3,(H,33,38)/t16-,19+,21-,30?,31?/m1/s1. The van der Waals surface area contributed by atoms with Crippen molar-refractivity contribution in [3.63, 3.8) is 0 Å². The lowest BCUT2D eigenvalue weighted by molar-refractivity contribution is -0.388. The number of hydrogen-bond donors (Lipinski definition) is 3. The van der Waals surface area contributed by atoms with E-state index in [9.17, 15) is 33.2 Å². The molecular weight excluding hydrogens is 602 g/mol. The van der Waals surface area contributed by atoms with Crippen LogP contribution in [0, 0.1) is 23.0 Å². The second kappa shape index (κ2) is 9.69. The fraction of sp³-hybridized carbons (Fsp3) is 0.419. The first-order chi connectivity index (χ1) is 21.2. The van der Waals surface area contributed by atoms with Gasteiger partial charge in [0.25, 0.3) is 27.4 Å². The number of hydrogen-bond acceptors (Lipinski definition) is 9. The van der Waals surface area contributed by atoms with Gasteiger partial charge >= 0.3 is 0 Å². The molecule has 2 aliphatic carbocycles. The number of carbonyl (C=O) groups is 2. The molecule has 45 heavy (non-hydrogen) atoms. The van der Waals surface area contributed by atoms with E-state index in [1.165, 1.54) is 22.5 Å². The van der Waals surface area contributed by atoms with Crippen molar-refractivity contribution < 1.29 is 32.8 Å². The average Bonchev–Trinajstić information content (AvgIpc) is 3.32. The van der Waals surface area contributed by atoms with E-state index < -0.39 is 43.7 Å². The Hall–Kier alpha value is -4.11. The van der Waals surface area contributed by atoms with Crippen molar-refractivity contribution >= 4 is 27.4 Å². The van der Waals surface area contributed by atoms with Crippen molar-refractivity contribution in [1.82, 2.24) is 19.5 Å². The number of Topliss-reactive ketones (excluding diaryl/α,β-unsaturated/α-hetero) is 1. The number of fused-ring (bicyclic) bond motifs is 5. The first kappa shape index (κ1) is 29.6.